The van der Waals surface area contributed by atoms with Crippen molar-refractivity contribution in [1.29, 1.82) is 0 Å². The van der Waals surface area contributed by atoms with Gasteiger partial charge in [-0.1, -0.05) is 0 Å². The number of fused-ring (bicyclic) bond motifs is 1. The van der Waals surface area contributed by atoms with Crippen LogP contribution in [-0.2, 0) is 23.0 Å². The molecule has 2 N–H and O–H groups in total. The fraction of sp³-hybridized carbons (Fsp3) is 0.385. The first-order chi connectivity index (χ1) is 9.54. The van der Waals surface area contributed by atoms with Crippen LogP contribution < -0.4 is 5.73 Å². The molecule has 0 aromatic carbocycles. The van der Waals surface area contributed by atoms with E-state index in [0.717, 1.165) is 12.0 Å². The van der Waals surface area contributed by atoms with Gasteiger partial charge in [-0.3, -0.25) is 0 Å². The van der Waals surface area contributed by atoms with Crippen molar-refractivity contribution >= 4 is 21.4 Å². The molecule has 1 aliphatic heterocycles. The minimum Gasteiger partial charge on any atom is -0.447 e. The Morgan fingerprint density at radius 3 is 2.95 bits per heavy atom. The van der Waals surface area contributed by atoms with Gasteiger partial charge in [0.05, 0.1) is 6.54 Å². The van der Waals surface area contributed by atoms with Gasteiger partial charge in [-0.25, -0.2) is 8.42 Å². The molecule has 3 heterocycles. The van der Waals surface area contributed by atoms with Crippen molar-refractivity contribution in [3.63, 3.8) is 0 Å². The topological polar surface area (TPSA) is 76.5 Å². The minimum absolute atomic E-state index is 0.0246. The maximum absolute atomic E-state index is 12.7. The standard InChI is InChI=1S/C13H16N2O3S2/c1-9-11-5-7-19-12(11)4-6-15(9)20(16,17)13-3-2-10(8-14)18-13/h2-3,5,7,9H,4,6,8,14H2,1H3. The second kappa shape index (κ2) is 5.00. The highest BCUT2D eigenvalue weighted by Gasteiger charge is 2.36. The Bertz CT molecular complexity index is 718. The number of furan rings is 1. The van der Waals surface area contributed by atoms with Crippen molar-refractivity contribution in [2.45, 2.75) is 31.0 Å². The number of rotatable bonds is 3. The van der Waals surface area contributed by atoms with Gasteiger partial charge in [0.2, 0.25) is 5.09 Å². The first-order valence-corrected chi connectivity index (χ1v) is 8.73. The van der Waals surface area contributed by atoms with Crippen LogP contribution in [0.2, 0.25) is 0 Å². The number of hydrogen-bond acceptors (Lipinski definition) is 5. The lowest BCUT2D eigenvalue weighted by atomic mass is 10.0. The second-order valence-corrected chi connectivity index (χ2v) is 7.59. The first-order valence-electron chi connectivity index (χ1n) is 6.41. The van der Waals surface area contributed by atoms with Crippen LogP contribution in [0.25, 0.3) is 0 Å². The van der Waals surface area contributed by atoms with Crippen LogP contribution in [0.1, 0.15) is 29.2 Å². The van der Waals surface area contributed by atoms with Gasteiger partial charge in [0.15, 0.2) is 0 Å². The van der Waals surface area contributed by atoms with E-state index >= 15 is 0 Å². The molecule has 20 heavy (non-hydrogen) atoms. The summed E-state index contributed by atoms with van der Waals surface area (Å²) in [5.41, 5.74) is 6.55. The zero-order chi connectivity index (χ0) is 14.3. The van der Waals surface area contributed by atoms with E-state index in [1.165, 1.54) is 15.2 Å². The van der Waals surface area contributed by atoms with Gasteiger partial charge in [0, 0.05) is 17.5 Å². The molecule has 2 aromatic rings. The number of hydrogen-bond donors (Lipinski definition) is 1. The van der Waals surface area contributed by atoms with E-state index in [0.29, 0.717) is 12.3 Å². The maximum atomic E-state index is 12.7. The van der Waals surface area contributed by atoms with Crippen LogP contribution in [-0.4, -0.2) is 19.3 Å². The van der Waals surface area contributed by atoms with E-state index in [4.69, 9.17) is 10.2 Å². The quantitative estimate of drug-likeness (QED) is 0.941. The van der Waals surface area contributed by atoms with Crippen LogP contribution >= 0.6 is 11.3 Å². The molecule has 0 radical (unpaired) electrons. The molecule has 0 bridgehead atoms. The third-order valence-electron chi connectivity index (χ3n) is 3.62. The largest absolute Gasteiger partial charge is 0.447 e. The van der Waals surface area contributed by atoms with E-state index in [1.54, 1.807) is 17.4 Å². The van der Waals surface area contributed by atoms with Gasteiger partial charge >= 0.3 is 0 Å². The van der Waals surface area contributed by atoms with Crippen LogP contribution in [0, 0.1) is 0 Å². The summed E-state index contributed by atoms with van der Waals surface area (Å²) in [6.45, 7) is 2.59. The maximum Gasteiger partial charge on any atom is 0.277 e. The SMILES string of the molecule is CC1c2ccsc2CCN1S(=O)(=O)c1ccc(CN)o1. The molecular formula is C13H16N2O3S2. The lowest BCUT2D eigenvalue weighted by Crippen LogP contribution is -2.38. The fourth-order valence-electron chi connectivity index (χ4n) is 2.54. The number of nitrogens with zero attached hydrogens (tertiary/aromatic N) is 1. The first kappa shape index (κ1) is 13.8. The van der Waals surface area contributed by atoms with Gasteiger partial charge in [-0.05, 0) is 42.5 Å². The third-order valence-corrected chi connectivity index (χ3v) is 6.46. The molecule has 1 atom stereocenters. The summed E-state index contributed by atoms with van der Waals surface area (Å²) in [5.74, 6) is 0.476. The van der Waals surface area contributed by atoms with E-state index in [2.05, 4.69) is 0 Å². The summed E-state index contributed by atoms with van der Waals surface area (Å²) in [7, 11) is -3.61. The summed E-state index contributed by atoms with van der Waals surface area (Å²) < 4.78 is 32.1. The molecule has 1 aliphatic rings. The Hall–Kier alpha value is -1.15. The average Bonchev–Trinajstić information content (AvgIpc) is 3.08. The molecule has 0 amide bonds. The van der Waals surface area contributed by atoms with Crippen molar-refractivity contribution in [1.82, 2.24) is 4.31 Å². The molecule has 2 aromatic heterocycles. The molecular weight excluding hydrogens is 296 g/mol. The molecule has 0 saturated carbocycles. The third kappa shape index (κ3) is 2.10. The van der Waals surface area contributed by atoms with E-state index in [1.807, 2.05) is 18.4 Å². The number of nitrogens with two attached hydrogens (primary N) is 1. The predicted octanol–water partition coefficient (Wildman–Crippen LogP) is 2.11. The second-order valence-electron chi connectivity index (χ2n) is 4.77. The minimum atomic E-state index is -3.61. The Labute approximate surface area is 122 Å². The smallest absolute Gasteiger partial charge is 0.277 e. The van der Waals surface area contributed by atoms with Crippen LogP contribution in [0.5, 0.6) is 0 Å². The molecule has 1 unspecified atom stereocenters. The van der Waals surface area contributed by atoms with Crippen LogP contribution in [0.4, 0.5) is 0 Å². The van der Waals surface area contributed by atoms with Crippen molar-refractivity contribution in [2.75, 3.05) is 6.54 Å². The Kier molecular flexibility index (Phi) is 3.45. The molecule has 0 spiro atoms. The predicted molar refractivity (Wildman–Crippen MR) is 76.9 cm³/mol. The van der Waals surface area contributed by atoms with Crippen molar-refractivity contribution < 1.29 is 12.8 Å². The molecule has 3 rings (SSSR count). The van der Waals surface area contributed by atoms with Crippen molar-refractivity contribution in [3.8, 4) is 0 Å². The monoisotopic (exact) mass is 312 g/mol. The van der Waals surface area contributed by atoms with E-state index in [9.17, 15) is 8.42 Å². The highest BCUT2D eigenvalue weighted by molar-refractivity contribution is 7.89. The van der Waals surface area contributed by atoms with Gasteiger partial charge in [0.1, 0.15) is 5.76 Å². The van der Waals surface area contributed by atoms with Crippen LogP contribution in [0.15, 0.2) is 33.1 Å². The lowest BCUT2D eigenvalue weighted by Gasteiger charge is -2.31. The van der Waals surface area contributed by atoms with E-state index < -0.39 is 10.0 Å². The Balaban J connectivity index is 1.96. The zero-order valence-corrected chi connectivity index (χ0v) is 12.7. The van der Waals surface area contributed by atoms with Crippen molar-refractivity contribution in [3.05, 3.63) is 39.8 Å². The zero-order valence-electron chi connectivity index (χ0n) is 11.1. The van der Waals surface area contributed by atoms with Gasteiger partial charge < -0.3 is 10.2 Å². The highest BCUT2D eigenvalue weighted by atomic mass is 32.2. The summed E-state index contributed by atoms with van der Waals surface area (Å²) in [6, 6.07) is 4.92. The summed E-state index contributed by atoms with van der Waals surface area (Å²) in [5, 5.41) is 1.99. The van der Waals surface area contributed by atoms with E-state index in [-0.39, 0.29) is 17.7 Å². The fourth-order valence-corrected chi connectivity index (χ4v) is 5.04. The Morgan fingerprint density at radius 1 is 1.45 bits per heavy atom. The van der Waals surface area contributed by atoms with Crippen molar-refractivity contribution in [2.24, 2.45) is 5.73 Å². The number of thiophene rings is 1. The molecule has 7 heteroatoms. The highest BCUT2D eigenvalue weighted by Crippen LogP contribution is 2.36. The summed E-state index contributed by atoms with van der Waals surface area (Å²) in [4.78, 5) is 1.27. The lowest BCUT2D eigenvalue weighted by molar-refractivity contribution is 0.312. The van der Waals surface area contributed by atoms with Gasteiger partial charge in [-0.15, -0.1) is 11.3 Å². The average molecular weight is 312 g/mol. The molecule has 0 saturated heterocycles. The molecule has 108 valence electrons. The molecule has 5 nitrogen and oxygen atoms in total. The summed E-state index contributed by atoms with van der Waals surface area (Å²) >= 11 is 1.68. The Morgan fingerprint density at radius 2 is 2.25 bits per heavy atom. The van der Waals surface area contributed by atoms with Gasteiger partial charge in [0.25, 0.3) is 10.0 Å². The summed E-state index contributed by atoms with van der Waals surface area (Å²) in [6.07, 6.45) is 0.751. The number of sulfonamides is 1. The van der Waals surface area contributed by atoms with Gasteiger partial charge in [-0.2, -0.15) is 4.31 Å². The normalized spacial score (nSPS) is 20.0. The molecule has 0 fully saturated rings. The van der Waals surface area contributed by atoms with Crippen LogP contribution in [0.3, 0.4) is 0 Å². The molecule has 0 aliphatic carbocycles.